The maximum Gasteiger partial charge on any atom is 0.146 e. The van der Waals surface area contributed by atoms with Crippen molar-refractivity contribution in [3.63, 3.8) is 0 Å². The lowest BCUT2D eigenvalue weighted by Gasteiger charge is -2.21. The molecule has 1 aliphatic rings. The van der Waals surface area contributed by atoms with Gasteiger partial charge in [0.1, 0.15) is 5.82 Å². The lowest BCUT2D eigenvalue weighted by Crippen LogP contribution is -2.29. The molecule has 1 aromatic carbocycles. The minimum atomic E-state index is -0.257. The Labute approximate surface area is 100.0 Å². The summed E-state index contributed by atoms with van der Waals surface area (Å²) >= 11 is 5.84. The minimum absolute atomic E-state index is 0.257. The van der Waals surface area contributed by atoms with E-state index in [0.29, 0.717) is 23.2 Å². The van der Waals surface area contributed by atoms with Crippen LogP contribution in [-0.2, 0) is 0 Å². The van der Waals surface area contributed by atoms with Gasteiger partial charge in [0.15, 0.2) is 0 Å². The van der Waals surface area contributed by atoms with E-state index < -0.39 is 0 Å². The lowest BCUT2D eigenvalue weighted by atomic mass is 10.0. The van der Waals surface area contributed by atoms with E-state index >= 15 is 0 Å². The Balaban J connectivity index is 2.11. The topological polar surface area (TPSA) is 38.0 Å². The Morgan fingerprint density at radius 2 is 2.25 bits per heavy atom. The fourth-order valence-corrected chi connectivity index (χ4v) is 2.49. The molecule has 2 nitrogen and oxygen atoms in total. The molecule has 3 N–H and O–H groups in total. The van der Waals surface area contributed by atoms with Crippen LogP contribution in [0.15, 0.2) is 18.2 Å². The van der Waals surface area contributed by atoms with Crippen LogP contribution in [-0.4, -0.2) is 12.6 Å². The highest BCUT2D eigenvalue weighted by molar-refractivity contribution is 6.30. The fraction of sp³-hybridized carbons (Fsp3) is 0.500. The summed E-state index contributed by atoms with van der Waals surface area (Å²) in [5.41, 5.74) is 6.17. The molecule has 1 fully saturated rings. The number of hydrogen-bond acceptors (Lipinski definition) is 2. The standard InChI is InChI=1S/C12H16ClFN2/c13-9-4-5-10(14)12(6-9)16-11-3-1-2-8(11)7-15/h4-6,8,11,16H,1-3,7,15H2. The van der Waals surface area contributed by atoms with Crippen molar-refractivity contribution < 1.29 is 4.39 Å². The molecule has 0 radical (unpaired) electrons. The van der Waals surface area contributed by atoms with Crippen LogP contribution >= 0.6 is 11.6 Å². The second kappa shape index (κ2) is 5.02. The van der Waals surface area contributed by atoms with Gasteiger partial charge in [-0.3, -0.25) is 0 Å². The van der Waals surface area contributed by atoms with E-state index in [4.69, 9.17) is 17.3 Å². The Bertz CT molecular complexity index is 370. The highest BCUT2D eigenvalue weighted by Gasteiger charge is 2.26. The van der Waals surface area contributed by atoms with E-state index in [-0.39, 0.29) is 11.9 Å². The molecule has 2 atom stereocenters. The average molecular weight is 243 g/mol. The van der Waals surface area contributed by atoms with E-state index in [0.717, 1.165) is 19.3 Å². The van der Waals surface area contributed by atoms with Gasteiger partial charge in [-0.05, 0) is 43.5 Å². The van der Waals surface area contributed by atoms with Gasteiger partial charge in [-0.25, -0.2) is 4.39 Å². The molecule has 0 spiro atoms. The second-order valence-corrected chi connectivity index (χ2v) is 4.74. The third-order valence-electron chi connectivity index (χ3n) is 3.23. The first kappa shape index (κ1) is 11.7. The van der Waals surface area contributed by atoms with Crippen molar-refractivity contribution in [3.8, 4) is 0 Å². The largest absolute Gasteiger partial charge is 0.380 e. The van der Waals surface area contributed by atoms with Crippen LogP contribution in [0.4, 0.5) is 10.1 Å². The second-order valence-electron chi connectivity index (χ2n) is 4.30. The van der Waals surface area contributed by atoms with Crippen LogP contribution in [0.5, 0.6) is 0 Å². The van der Waals surface area contributed by atoms with Gasteiger partial charge in [0.2, 0.25) is 0 Å². The Morgan fingerprint density at radius 1 is 1.44 bits per heavy atom. The van der Waals surface area contributed by atoms with Crippen molar-refractivity contribution in [2.24, 2.45) is 11.7 Å². The van der Waals surface area contributed by atoms with Crippen LogP contribution in [0.3, 0.4) is 0 Å². The van der Waals surface area contributed by atoms with Gasteiger partial charge in [-0.1, -0.05) is 18.0 Å². The van der Waals surface area contributed by atoms with Gasteiger partial charge < -0.3 is 11.1 Å². The molecule has 0 saturated heterocycles. The van der Waals surface area contributed by atoms with Crippen LogP contribution < -0.4 is 11.1 Å². The zero-order chi connectivity index (χ0) is 11.5. The Morgan fingerprint density at radius 3 is 3.00 bits per heavy atom. The zero-order valence-electron chi connectivity index (χ0n) is 9.05. The number of anilines is 1. The number of hydrogen-bond donors (Lipinski definition) is 2. The molecule has 0 aliphatic heterocycles. The monoisotopic (exact) mass is 242 g/mol. The van der Waals surface area contributed by atoms with E-state index in [9.17, 15) is 4.39 Å². The van der Waals surface area contributed by atoms with E-state index in [1.165, 1.54) is 6.07 Å². The Hall–Kier alpha value is -0.800. The van der Waals surface area contributed by atoms with Gasteiger partial charge in [-0.15, -0.1) is 0 Å². The molecular formula is C12H16ClFN2. The van der Waals surface area contributed by atoms with Crippen molar-refractivity contribution in [1.82, 2.24) is 0 Å². The smallest absolute Gasteiger partial charge is 0.146 e. The molecule has 0 aromatic heterocycles. The third kappa shape index (κ3) is 2.47. The highest BCUT2D eigenvalue weighted by atomic mass is 35.5. The predicted octanol–water partition coefficient (Wildman–Crippen LogP) is 3.02. The summed E-state index contributed by atoms with van der Waals surface area (Å²) in [7, 11) is 0. The SMILES string of the molecule is NCC1CCCC1Nc1cc(Cl)ccc1F. The summed E-state index contributed by atoms with van der Waals surface area (Å²) < 4.78 is 13.5. The molecule has 1 aromatic rings. The molecular weight excluding hydrogens is 227 g/mol. The number of benzene rings is 1. The molecule has 1 saturated carbocycles. The molecule has 0 amide bonds. The summed E-state index contributed by atoms with van der Waals surface area (Å²) in [6.07, 6.45) is 3.33. The van der Waals surface area contributed by atoms with Crippen LogP contribution in [0.1, 0.15) is 19.3 Å². The number of halogens is 2. The number of rotatable bonds is 3. The first-order valence-electron chi connectivity index (χ1n) is 5.62. The van der Waals surface area contributed by atoms with Crippen molar-refractivity contribution in [1.29, 1.82) is 0 Å². The molecule has 0 heterocycles. The third-order valence-corrected chi connectivity index (χ3v) is 3.47. The van der Waals surface area contributed by atoms with Gasteiger partial charge in [0.05, 0.1) is 5.69 Å². The molecule has 2 rings (SSSR count). The van der Waals surface area contributed by atoms with Crippen LogP contribution in [0, 0.1) is 11.7 Å². The molecule has 1 aliphatic carbocycles. The van der Waals surface area contributed by atoms with E-state index in [1.807, 2.05) is 0 Å². The van der Waals surface area contributed by atoms with Crippen molar-refractivity contribution >= 4 is 17.3 Å². The average Bonchev–Trinajstić information content (AvgIpc) is 2.71. The Kier molecular flexibility index (Phi) is 3.66. The minimum Gasteiger partial charge on any atom is -0.380 e. The lowest BCUT2D eigenvalue weighted by molar-refractivity contribution is 0.513. The number of nitrogens with one attached hydrogen (secondary N) is 1. The maximum absolute atomic E-state index is 13.5. The summed E-state index contributed by atoms with van der Waals surface area (Å²) in [4.78, 5) is 0. The predicted molar refractivity (Wildman–Crippen MR) is 65.2 cm³/mol. The normalized spacial score (nSPS) is 24.7. The van der Waals surface area contributed by atoms with Crippen LogP contribution in [0.25, 0.3) is 0 Å². The number of nitrogens with two attached hydrogens (primary N) is 1. The van der Waals surface area contributed by atoms with Crippen molar-refractivity contribution in [2.75, 3.05) is 11.9 Å². The summed E-state index contributed by atoms with van der Waals surface area (Å²) in [5.74, 6) is 0.186. The van der Waals surface area contributed by atoms with Crippen LogP contribution in [0.2, 0.25) is 5.02 Å². The van der Waals surface area contributed by atoms with Gasteiger partial charge >= 0.3 is 0 Å². The maximum atomic E-state index is 13.5. The van der Waals surface area contributed by atoms with E-state index in [2.05, 4.69) is 5.32 Å². The molecule has 4 heteroatoms. The summed E-state index contributed by atoms with van der Waals surface area (Å²) in [5, 5.41) is 3.76. The van der Waals surface area contributed by atoms with E-state index in [1.54, 1.807) is 12.1 Å². The van der Waals surface area contributed by atoms with Crippen molar-refractivity contribution in [2.45, 2.75) is 25.3 Å². The quantitative estimate of drug-likeness (QED) is 0.855. The zero-order valence-corrected chi connectivity index (χ0v) is 9.80. The summed E-state index contributed by atoms with van der Waals surface area (Å²) in [6.45, 7) is 0.653. The summed E-state index contributed by atoms with van der Waals surface area (Å²) in [6, 6.07) is 4.84. The molecule has 16 heavy (non-hydrogen) atoms. The van der Waals surface area contributed by atoms with Crippen molar-refractivity contribution in [3.05, 3.63) is 29.0 Å². The first-order chi connectivity index (χ1) is 7.70. The first-order valence-corrected chi connectivity index (χ1v) is 6.00. The van der Waals surface area contributed by atoms with Gasteiger partial charge in [0.25, 0.3) is 0 Å². The highest BCUT2D eigenvalue weighted by Crippen LogP contribution is 2.29. The fourth-order valence-electron chi connectivity index (χ4n) is 2.32. The van der Waals surface area contributed by atoms with Gasteiger partial charge in [0, 0.05) is 11.1 Å². The molecule has 88 valence electrons. The van der Waals surface area contributed by atoms with Gasteiger partial charge in [-0.2, -0.15) is 0 Å². The molecule has 0 bridgehead atoms. The molecule has 2 unspecified atom stereocenters.